The van der Waals surface area contributed by atoms with Gasteiger partial charge in [-0.25, -0.2) is 0 Å². The van der Waals surface area contributed by atoms with E-state index in [1.165, 1.54) is 13.0 Å². The Bertz CT molecular complexity index is 1550. The summed E-state index contributed by atoms with van der Waals surface area (Å²) >= 11 is 0. The van der Waals surface area contributed by atoms with Crippen molar-refractivity contribution in [2.75, 3.05) is 33.0 Å². The average molecular weight is 970 g/mol. The zero-order valence-corrected chi connectivity index (χ0v) is 35.0. The van der Waals surface area contributed by atoms with Gasteiger partial charge in [-0.1, -0.05) is 6.08 Å². The van der Waals surface area contributed by atoms with Crippen molar-refractivity contribution in [2.24, 2.45) is 0 Å². The van der Waals surface area contributed by atoms with Gasteiger partial charge in [0.1, 0.15) is 128 Å². The van der Waals surface area contributed by atoms with Crippen molar-refractivity contribution in [3.63, 3.8) is 0 Å². The Morgan fingerprint density at radius 2 is 0.773 bits per heavy atom. The molecule has 0 aromatic carbocycles. The minimum Gasteiger partial charge on any atom is -0.394 e. The molecule has 29 unspecified atom stereocenters. The first-order chi connectivity index (χ1) is 31.2. The molecule has 0 saturated carbocycles. The van der Waals surface area contributed by atoms with Crippen molar-refractivity contribution in [3.8, 4) is 0 Å². The van der Waals surface area contributed by atoms with Crippen LogP contribution >= 0.6 is 0 Å². The zero-order chi connectivity index (χ0) is 48.6. The predicted octanol–water partition coefficient (Wildman–Crippen LogP) is -12.9. The summed E-state index contributed by atoms with van der Waals surface area (Å²) in [6.45, 7) is -2.95. The van der Waals surface area contributed by atoms with Crippen molar-refractivity contribution in [1.29, 1.82) is 0 Å². The van der Waals surface area contributed by atoms with Crippen molar-refractivity contribution in [3.05, 3.63) is 11.6 Å². The first-order valence-electron chi connectivity index (χ1n) is 21.2. The molecule has 29 atom stereocenters. The number of nitrogens with one attached hydrogen (secondary N) is 1. The lowest BCUT2D eigenvalue weighted by molar-refractivity contribution is -0.399. The third-order valence-corrected chi connectivity index (χ3v) is 12.7. The Hall–Kier alpha value is -1.42. The average Bonchev–Trinajstić information content (AvgIpc) is 3.30. The highest BCUT2D eigenvalue weighted by Crippen LogP contribution is 2.36. The number of rotatable bonds is 15. The molecular weight excluding hydrogens is 906 g/mol. The first-order valence-corrected chi connectivity index (χ1v) is 21.2. The summed E-state index contributed by atoms with van der Waals surface area (Å²) in [6, 6.07) is -2.31. The molecule has 20 N–H and O–H groups in total. The molecule has 0 amide bonds. The number of ether oxygens (including phenoxy) is 9. The van der Waals surface area contributed by atoms with E-state index in [2.05, 4.69) is 5.32 Å². The Labute approximate surface area is 374 Å². The Balaban J connectivity index is 1.06. The number of aliphatic hydroxyl groups is 19. The van der Waals surface area contributed by atoms with Gasteiger partial charge in [-0.3, -0.25) is 0 Å². The summed E-state index contributed by atoms with van der Waals surface area (Å²) in [6.07, 6.45) is -47.5. The highest BCUT2D eigenvalue weighted by atomic mass is 16.8. The van der Waals surface area contributed by atoms with E-state index in [0.29, 0.717) is 0 Å². The molecule has 0 spiro atoms. The summed E-state index contributed by atoms with van der Waals surface area (Å²) in [7, 11) is 0. The van der Waals surface area contributed by atoms with Gasteiger partial charge in [0, 0.05) is 0 Å². The van der Waals surface area contributed by atoms with E-state index in [0.717, 1.165) is 0 Å². The van der Waals surface area contributed by atoms with Crippen LogP contribution in [-0.4, -0.2) is 308 Å². The highest BCUT2D eigenvalue weighted by molar-refractivity contribution is 5.22. The first kappa shape index (κ1) is 53.9. The van der Waals surface area contributed by atoms with Crippen LogP contribution in [0.15, 0.2) is 11.6 Å². The van der Waals surface area contributed by atoms with Gasteiger partial charge in [-0.2, -0.15) is 0 Å². The second kappa shape index (κ2) is 22.8. The quantitative estimate of drug-likeness (QED) is 0.0678. The summed E-state index contributed by atoms with van der Waals surface area (Å²) in [5.41, 5.74) is -0.0208. The van der Waals surface area contributed by atoms with Crippen molar-refractivity contribution < 1.29 is 140 Å². The SMILES string of the molecule is CC1OC(OC2C(CO)OC(OC3C(CO)OC(OC4C(CO)OC(OC5OC(CO)C(O)C(O)C5O)C(O)C4O)C(O)C3O)C(O)C2O)C(O)C(O)C1NC1C=C(CO)C(O)C(O)C1O. The van der Waals surface area contributed by atoms with E-state index in [9.17, 15) is 97.0 Å². The topological polar surface area (TPSA) is 479 Å². The molecule has 5 heterocycles. The minimum absolute atomic E-state index is 0.0208. The van der Waals surface area contributed by atoms with E-state index >= 15 is 0 Å². The molecule has 29 nitrogen and oxygen atoms in total. The van der Waals surface area contributed by atoms with Crippen LogP contribution in [0, 0.1) is 0 Å². The van der Waals surface area contributed by atoms with Gasteiger partial charge in [0.15, 0.2) is 31.5 Å². The number of hydrogen-bond acceptors (Lipinski definition) is 29. The summed E-state index contributed by atoms with van der Waals surface area (Å²) in [5.74, 6) is 0. The fraction of sp³-hybridized carbons (Fsp3) is 0.946. The van der Waals surface area contributed by atoms with Gasteiger partial charge in [0.25, 0.3) is 0 Å². The molecule has 5 fully saturated rings. The molecule has 6 rings (SSSR count). The third kappa shape index (κ3) is 10.7. The van der Waals surface area contributed by atoms with Crippen LogP contribution in [-0.2, 0) is 42.6 Å². The summed E-state index contributed by atoms with van der Waals surface area (Å²) < 4.78 is 50.2. The van der Waals surface area contributed by atoms with Gasteiger partial charge in [0.05, 0.1) is 51.2 Å². The molecular formula is C37H63NO28. The Morgan fingerprint density at radius 1 is 0.409 bits per heavy atom. The van der Waals surface area contributed by atoms with Gasteiger partial charge in [-0.15, -0.1) is 0 Å². The maximum atomic E-state index is 11.2. The van der Waals surface area contributed by atoms with Crippen LogP contribution in [0.5, 0.6) is 0 Å². The van der Waals surface area contributed by atoms with Crippen LogP contribution in [0.4, 0.5) is 0 Å². The fourth-order valence-electron chi connectivity index (χ4n) is 8.71. The van der Waals surface area contributed by atoms with E-state index in [4.69, 9.17) is 42.6 Å². The van der Waals surface area contributed by atoms with E-state index < -0.39 is 211 Å². The van der Waals surface area contributed by atoms with E-state index in [1.807, 2.05) is 0 Å². The minimum atomic E-state index is -2.14. The lowest BCUT2D eigenvalue weighted by Crippen LogP contribution is -2.69. The van der Waals surface area contributed by atoms with Crippen LogP contribution in [0.1, 0.15) is 6.92 Å². The standard InChI is InChI=1S/C37H63NO28/c1-8-15(38-10-2-9(3-39)16(44)20(48)17(10)45)19(47)25(53)33(58-8)63-30-12(5-41)60-34(27(55)22(30)50)64-31-13(6-42)61-35(28(56)23(31)51)65-32-14(7-43)62-37(29(57)24(32)52)66-36-26(54)21(49)18(46)11(4-40)59-36/h2,8,10-57H,3-7H2,1H3. The molecule has 0 aromatic heterocycles. The second-order valence-corrected chi connectivity index (χ2v) is 17.0. The largest absolute Gasteiger partial charge is 0.394 e. The summed E-state index contributed by atoms with van der Waals surface area (Å²) in [5, 5.41) is 202. The van der Waals surface area contributed by atoms with Gasteiger partial charge in [-0.05, 0) is 12.5 Å². The third-order valence-electron chi connectivity index (χ3n) is 12.7. The van der Waals surface area contributed by atoms with Crippen molar-refractivity contribution >= 4 is 0 Å². The van der Waals surface area contributed by atoms with Crippen molar-refractivity contribution in [2.45, 2.75) is 185 Å². The van der Waals surface area contributed by atoms with Gasteiger partial charge in [0.2, 0.25) is 0 Å². The molecule has 1 aliphatic carbocycles. The lowest BCUT2D eigenvalue weighted by Gasteiger charge is -2.49. The van der Waals surface area contributed by atoms with Crippen molar-refractivity contribution in [1.82, 2.24) is 5.32 Å². The second-order valence-electron chi connectivity index (χ2n) is 17.0. The van der Waals surface area contributed by atoms with Crippen LogP contribution in [0.25, 0.3) is 0 Å². The van der Waals surface area contributed by atoms with Gasteiger partial charge >= 0.3 is 0 Å². The Morgan fingerprint density at radius 3 is 1.18 bits per heavy atom. The molecule has 29 heteroatoms. The smallest absolute Gasteiger partial charge is 0.189 e. The van der Waals surface area contributed by atoms with E-state index in [-0.39, 0.29) is 5.57 Å². The normalized spacial score (nSPS) is 52.8. The van der Waals surface area contributed by atoms with Gasteiger partial charge < -0.3 is 145 Å². The van der Waals surface area contributed by atoms with Crippen LogP contribution < -0.4 is 5.32 Å². The molecule has 0 bridgehead atoms. The number of aliphatic hydroxyl groups excluding tert-OH is 19. The lowest BCUT2D eigenvalue weighted by atomic mass is 9.86. The maximum Gasteiger partial charge on any atom is 0.189 e. The van der Waals surface area contributed by atoms with Crippen LogP contribution in [0.3, 0.4) is 0 Å². The molecule has 0 radical (unpaired) electrons. The Kier molecular flexibility index (Phi) is 18.6. The molecule has 384 valence electrons. The molecule has 5 saturated heterocycles. The fourth-order valence-corrected chi connectivity index (χ4v) is 8.71. The molecule has 66 heavy (non-hydrogen) atoms. The van der Waals surface area contributed by atoms with Crippen LogP contribution in [0.2, 0.25) is 0 Å². The maximum absolute atomic E-state index is 11.2. The predicted molar refractivity (Wildman–Crippen MR) is 203 cm³/mol. The molecule has 6 aliphatic rings. The molecule has 0 aromatic rings. The highest BCUT2D eigenvalue weighted by Gasteiger charge is 2.56. The zero-order valence-electron chi connectivity index (χ0n) is 35.0. The number of hydrogen-bond donors (Lipinski definition) is 20. The van der Waals surface area contributed by atoms with E-state index in [1.54, 1.807) is 0 Å². The molecule has 5 aliphatic heterocycles. The summed E-state index contributed by atoms with van der Waals surface area (Å²) in [4.78, 5) is 0. The monoisotopic (exact) mass is 969 g/mol.